The van der Waals surface area contributed by atoms with Crippen molar-refractivity contribution in [3.05, 3.63) is 18.7 Å². The van der Waals surface area contributed by atoms with Crippen LogP contribution in [0.2, 0.25) is 0 Å². The summed E-state index contributed by atoms with van der Waals surface area (Å²) in [7, 11) is 0. The van der Waals surface area contributed by atoms with Gasteiger partial charge in [0, 0.05) is 31.4 Å². The molecule has 96 valence electrons. The highest BCUT2D eigenvalue weighted by Crippen LogP contribution is 2.09. The van der Waals surface area contributed by atoms with E-state index in [9.17, 15) is 4.79 Å². The summed E-state index contributed by atoms with van der Waals surface area (Å²) in [6, 6.07) is 0.163. The Kier molecular flexibility index (Phi) is 3.71. The molecule has 7 heteroatoms. The Morgan fingerprint density at radius 1 is 1.50 bits per heavy atom. The first kappa shape index (κ1) is 12.3. The number of amides is 1. The molecule has 0 saturated heterocycles. The van der Waals surface area contributed by atoms with Gasteiger partial charge < -0.3 is 10.6 Å². The highest BCUT2D eigenvalue weighted by Gasteiger charge is 2.06. The molecule has 2 aromatic heterocycles. The van der Waals surface area contributed by atoms with Crippen LogP contribution >= 0.6 is 0 Å². The first-order valence-corrected chi connectivity index (χ1v) is 5.84. The summed E-state index contributed by atoms with van der Waals surface area (Å²) < 4.78 is 1.77. The third kappa shape index (κ3) is 2.93. The van der Waals surface area contributed by atoms with E-state index in [0.29, 0.717) is 24.4 Å². The third-order valence-corrected chi connectivity index (χ3v) is 2.31. The van der Waals surface area contributed by atoms with Gasteiger partial charge in [0.15, 0.2) is 5.82 Å². The largest absolute Gasteiger partial charge is 0.366 e. The van der Waals surface area contributed by atoms with Crippen molar-refractivity contribution < 1.29 is 4.79 Å². The van der Waals surface area contributed by atoms with E-state index in [1.165, 1.54) is 0 Å². The summed E-state index contributed by atoms with van der Waals surface area (Å²) >= 11 is 0. The molecule has 0 bridgehead atoms. The molecule has 0 spiro atoms. The molecule has 2 aromatic rings. The zero-order valence-corrected chi connectivity index (χ0v) is 10.4. The molecule has 0 aliphatic carbocycles. The summed E-state index contributed by atoms with van der Waals surface area (Å²) in [6.45, 7) is 4.38. The zero-order valence-electron chi connectivity index (χ0n) is 10.4. The number of nitrogens with one attached hydrogen (secondary N) is 2. The average Bonchev–Trinajstić information content (AvgIpc) is 2.76. The molecule has 7 nitrogen and oxygen atoms in total. The second-order valence-corrected chi connectivity index (χ2v) is 4.24. The van der Waals surface area contributed by atoms with Crippen molar-refractivity contribution in [1.82, 2.24) is 24.9 Å². The highest BCUT2D eigenvalue weighted by atomic mass is 16.1. The van der Waals surface area contributed by atoms with Gasteiger partial charge in [-0.3, -0.25) is 9.20 Å². The van der Waals surface area contributed by atoms with Gasteiger partial charge in [0.1, 0.15) is 6.33 Å². The van der Waals surface area contributed by atoms with Crippen LogP contribution in [0, 0.1) is 0 Å². The molecular weight excluding hydrogens is 232 g/mol. The van der Waals surface area contributed by atoms with Crippen LogP contribution in [0.25, 0.3) is 5.65 Å². The Balaban J connectivity index is 1.90. The summed E-state index contributed by atoms with van der Waals surface area (Å²) in [5.41, 5.74) is 0.654. The van der Waals surface area contributed by atoms with Crippen molar-refractivity contribution >= 4 is 17.4 Å². The molecule has 2 heterocycles. The van der Waals surface area contributed by atoms with E-state index in [1.807, 2.05) is 13.8 Å². The fraction of sp³-hybridized carbons (Fsp3) is 0.455. The number of rotatable bonds is 5. The predicted molar refractivity (Wildman–Crippen MR) is 67.2 cm³/mol. The number of hydrogen-bond donors (Lipinski definition) is 2. The van der Waals surface area contributed by atoms with Gasteiger partial charge in [-0.25, -0.2) is 4.98 Å². The predicted octanol–water partition coefficient (Wildman–Crippen LogP) is 0.451. The molecule has 2 N–H and O–H groups in total. The smallest absolute Gasteiger partial charge is 0.221 e. The van der Waals surface area contributed by atoms with Crippen molar-refractivity contribution in [3.63, 3.8) is 0 Å². The Morgan fingerprint density at radius 3 is 3.11 bits per heavy atom. The molecule has 2 rings (SSSR count). The van der Waals surface area contributed by atoms with Crippen LogP contribution in [-0.2, 0) is 4.79 Å². The van der Waals surface area contributed by atoms with Crippen LogP contribution in [0.15, 0.2) is 18.7 Å². The lowest BCUT2D eigenvalue weighted by molar-refractivity contribution is -0.121. The summed E-state index contributed by atoms with van der Waals surface area (Å²) in [5.74, 6) is 0.651. The van der Waals surface area contributed by atoms with E-state index in [-0.39, 0.29) is 11.9 Å². The van der Waals surface area contributed by atoms with Crippen molar-refractivity contribution in [2.24, 2.45) is 0 Å². The van der Waals surface area contributed by atoms with Crippen LogP contribution < -0.4 is 10.6 Å². The molecule has 1 amide bonds. The molecular formula is C11H16N6O. The van der Waals surface area contributed by atoms with Crippen LogP contribution in [0.3, 0.4) is 0 Å². The quantitative estimate of drug-likeness (QED) is 0.802. The standard InChI is InChI=1S/C11H16N6O/c1-8(2)15-9(18)3-4-12-10-11-16-14-7-17(11)6-5-13-10/h5-8H,3-4H2,1-2H3,(H,12,13)(H,15,18). The summed E-state index contributed by atoms with van der Waals surface area (Å²) in [4.78, 5) is 15.6. The molecule has 0 atom stereocenters. The Bertz CT molecular complexity index is 535. The lowest BCUT2D eigenvalue weighted by atomic mass is 10.3. The van der Waals surface area contributed by atoms with E-state index in [4.69, 9.17) is 0 Å². The SMILES string of the molecule is CC(C)NC(=O)CCNc1nccn2cnnc12. The molecule has 18 heavy (non-hydrogen) atoms. The maximum atomic E-state index is 11.5. The Labute approximate surface area is 105 Å². The monoisotopic (exact) mass is 248 g/mol. The van der Waals surface area contributed by atoms with E-state index >= 15 is 0 Å². The van der Waals surface area contributed by atoms with Gasteiger partial charge in [0.05, 0.1) is 0 Å². The van der Waals surface area contributed by atoms with Gasteiger partial charge in [-0.05, 0) is 13.8 Å². The Hall–Kier alpha value is -2.18. The lowest BCUT2D eigenvalue weighted by Crippen LogP contribution is -2.31. The van der Waals surface area contributed by atoms with Gasteiger partial charge in [-0.1, -0.05) is 0 Å². The van der Waals surface area contributed by atoms with E-state index in [1.54, 1.807) is 23.1 Å². The maximum absolute atomic E-state index is 11.5. The Morgan fingerprint density at radius 2 is 2.33 bits per heavy atom. The first-order chi connectivity index (χ1) is 8.66. The first-order valence-electron chi connectivity index (χ1n) is 5.84. The van der Waals surface area contributed by atoms with Crippen LogP contribution in [0.4, 0.5) is 5.82 Å². The third-order valence-electron chi connectivity index (χ3n) is 2.31. The minimum Gasteiger partial charge on any atom is -0.366 e. The average molecular weight is 248 g/mol. The van der Waals surface area contributed by atoms with Gasteiger partial charge in [-0.2, -0.15) is 0 Å². The second kappa shape index (κ2) is 5.44. The molecule has 0 fully saturated rings. The van der Waals surface area contributed by atoms with Gasteiger partial charge in [0.2, 0.25) is 11.6 Å². The maximum Gasteiger partial charge on any atom is 0.221 e. The summed E-state index contributed by atoms with van der Waals surface area (Å²) in [5, 5.41) is 13.7. The number of aromatic nitrogens is 4. The minimum absolute atomic E-state index is 0.0194. The molecule has 0 saturated carbocycles. The number of anilines is 1. The molecule has 0 aliphatic rings. The number of nitrogens with zero attached hydrogens (tertiary/aromatic N) is 4. The van der Waals surface area contributed by atoms with Crippen LogP contribution in [-0.4, -0.2) is 38.1 Å². The van der Waals surface area contributed by atoms with E-state index < -0.39 is 0 Å². The van der Waals surface area contributed by atoms with Gasteiger partial charge >= 0.3 is 0 Å². The number of carbonyl (C=O) groups excluding carboxylic acids is 1. The van der Waals surface area contributed by atoms with Crippen molar-refractivity contribution in [2.45, 2.75) is 26.3 Å². The van der Waals surface area contributed by atoms with Gasteiger partial charge in [0.25, 0.3) is 0 Å². The fourth-order valence-corrected chi connectivity index (χ4v) is 1.57. The van der Waals surface area contributed by atoms with E-state index in [2.05, 4.69) is 25.8 Å². The zero-order chi connectivity index (χ0) is 13.0. The summed E-state index contributed by atoms with van der Waals surface area (Å²) in [6.07, 6.45) is 5.43. The molecule has 0 aromatic carbocycles. The highest BCUT2D eigenvalue weighted by molar-refractivity contribution is 5.76. The van der Waals surface area contributed by atoms with Crippen molar-refractivity contribution in [1.29, 1.82) is 0 Å². The van der Waals surface area contributed by atoms with Crippen molar-refractivity contribution in [3.8, 4) is 0 Å². The molecule has 0 unspecified atom stereocenters. The van der Waals surface area contributed by atoms with Crippen molar-refractivity contribution in [2.75, 3.05) is 11.9 Å². The van der Waals surface area contributed by atoms with Crippen LogP contribution in [0.1, 0.15) is 20.3 Å². The van der Waals surface area contributed by atoms with Gasteiger partial charge in [-0.15, -0.1) is 10.2 Å². The minimum atomic E-state index is 0.0194. The van der Waals surface area contributed by atoms with E-state index in [0.717, 1.165) is 0 Å². The molecule has 0 radical (unpaired) electrons. The second-order valence-electron chi connectivity index (χ2n) is 4.24. The normalized spacial score (nSPS) is 10.8. The number of fused-ring (bicyclic) bond motifs is 1. The number of hydrogen-bond acceptors (Lipinski definition) is 5. The topological polar surface area (TPSA) is 84.2 Å². The van der Waals surface area contributed by atoms with Crippen LogP contribution in [0.5, 0.6) is 0 Å². The molecule has 0 aliphatic heterocycles. The fourth-order valence-electron chi connectivity index (χ4n) is 1.57. The number of carbonyl (C=O) groups is 1. The lowest BCUT2D eigenvalue weighted by Gasteiger charge is -2.09.